The molecule has 1 unspecified atom stereocenters. The topological polar surface area (TPSA) is 12.0 Å². The Morgan fingerprint density at radius 2 is 1.80 bits per heavy atom. The predicted octanol–water partition coefficient (Wildman–Crippen LogP) is 5.32. The summed E-state index contributed by atoms with van der Waals surface area (Å²) in [6.07, 6.45) is 1.04. The maximum atomic E-state index is 14.1. The summed E-state index contributed by atoms with van der Waals surface area (Å²) in [6.45, 7) is 5.21. The molecule has 0 fully saturated rings. The van der Waals surface area contributed by atoms with Gasteiger partial charge in [0.2, 0.25) is 0 Å². The van der Waals surface area contributed by atoms with Gasteiger partial charge in [-0.15, -0.1) is 0 Å². The van der Waals surface area contributed by atoms with E-state index in [4.69, 9.17) is 0 Å². The molecule has 0 radical (unpaired) electrons. The Morgan fingerprint density at radius 1 is 1.10 bits per heavy atom. The second-order valence-corrected chi connectivity index (χ2v) is 5.60. The van der Waals surface area contributed by atoms with Gasteiger partial charge in [-0.1, -0.05) is 50.2 Å². The largest absolute Gasteiger partial charge is 0.310 e. The first-order valence-corrected chi connectivity index (χ1v) is 7.74. The number of nitrogens with one attached hydrogen (secondary N) is 1. The van der Waals surface area contributed by atoms with E-state index in [1.54, 1.807) is 12.1 Å². The average Bonchev–Trinajstić information content (AvgIpc) is 2.48. The van der Waals surface area contributed by atoms with Crippen LogP contribution in [-0.2, 0) is 0 Å². The van der Waals surface area contributed by atoms with Gasteiger partial charge in [-0.3, -0.25) is 0 Å². The zero-order valence-electron chi connectivity index (χ0n) is 11.8. The van der Waals surface area contributed by atoms with E-state index in [1.165, 1.54) is 5.56 Å². The molecule has 0 saturated heterocycles. The Kier molecular flexibility index (Phi) is 5.32. The standard InChI is InChI=1S/C17H19BrFN/c1-3-16(20-4-2)13-10-8-12(9-11-13)14-6-5-7-15(18)17(14)19/h5-11,16,20H,3-4H2,1-2H3. The van der Waals surface area contributed by atoms with E-state index in [0.29, 0.717) is 16.1 Å². The molecule has 3 heteroatoms. The summed E-state index contributed by atoms with van der Waals surface area (Å²) in [5.74, 6) is -0.209. The lowest BCUT2D eigenvalue weighted by atomic mass is 9.99. The van der Waals surface area contributed by atoms with Crippen molar-refractivity contribution in [2.45, 2.75) is 26.3 Å². The van der Waals surface area contributed by atoms with Gasteiger partial charge in [-0.25, -0.2) is 4.39 Å². The first-order valence-electron chi connectivity index (χ1n) is 6.95. The van der Waals surface area contributed by atoms with E-state index < -0.39 is 0 Å². The van der Waals surface area contributed by atoms with E-state index in [1.807, 2.05) is 18.2 Å². The monoisotopic (exact) mass is 335 g/mol. The molecule has 106 valence electrons. The van der Waals surface area contributed by atoms with Crippen molar-refractivity contribution in [1.82, 2.24) is 5.32 Å². The number of halogens is 2. The minimum absolute atomic E-state index is 0.209. The van der Waals surface area contributed by atoms with E-state index in [0.717, 1.165) is 18.5 Å². The lowest BCUT2D eigenvalue weighted by Gasteiger charge is -2.16. The number of hydrogen-bond donors (Lipinski definition) is 1. The number of rotatable bonds is 5. The zero-order chi connectivity index (χ0) is 14.5. The van der Waals surface area contributed by atoms with Crippen LogP contribution >= 0.6 is 15.9 Å². The molecular formula is C17H19BrFN. The highest BCUT2D eigenvalue weighted by Crippen LogP contribution is 2.29. The van der Waals surface area contributed by atoms with Crippen LogP contribution in [0.2, 0.25) is 0 Å². The fourth-order valence-corrected chi connectivity index (χ4v) is 2.73. The molecule has 1 atom stereocenters. The highest BCUT2D eigenvalue weighted by Gasteiger charge is 2.10. The third-order valence-electron chi connectivity index (χ3n) is 3.43. The Balaban J connectivity index is 2.30. The molecule has 0 saturated carbocycles. The van der Waals surface area contributed by atoms with Gasteiger partial charge in [0.1, 0.15) is 5.82 Å². The first-order chi connectivity index (χ1) is 9.67. The van der Waals surface area contributed by atoms with Crippen LogP contribution in [0.3, 0.4) is 0 Å². The van der Waals surface area contributed by atoms with Gasteiger partial charge in [-0.05, 0) is 46.1 Å². The molecule has 1 N–H and O–H groups in total. The first kappa shape index (κ1) is 15.2. The molecule has 2 rings (SSSR count). The highest BCUT2D eigenvalue weighted by atomic mass is 79.9. The van der Waals surface area contributed by atoms with Crippen LogP contribution < -0.4 is 5.32 Å². The minimum atomic E-state index is -0.209. The summed E-state index contributed by atoms with van der Waals surface area (Å²) >= 11 is 3.23. The lowest BCUT2D eigenvalue weighted by Crippen LogP contribution is -2.19. The van der Waals surface area contributed by atoms with Crippen molar-refractivity contribution in [1.29, 1.82) is 0 Å². The molecule has 0 aromatic heterocycles. The van der Waals surface area contributed by atoms with Crippen molar-refractivity contribution in [2.24, 2.45) is 0 Å². The fraction of sp³-hybridized carbons (Fsp3) is 0.294. The molecular weight excluding hydrogens is 317 g/mol. The Hall–Kier alpha value is -1.19. The van der Waals surface area contributed by atoms with Crippen LogP contribution in [-0.4, -0.2) is 6.54 Å². The molecule has 20 heavy (non-hydrogen) atoms. The molecule has 0 bridgehead atoms. The van der Waals surface area contributed by atoms with Crippen LogP contribution in [0.5, 0.6) is 0 Å². The third-order valence-corrected chi connectivity index (χ3v) is 4.05. The molecule has 2 aromatic rings. The van der Waals surface area contributed by atoms with Crippen LogP contribution in [0.25, 0.3) is 11.1 Å². The summed E-state index contributed by atoms with van der Waals surface area (Å²) in [5, 5.41) is 3.45. The van der Waals surface area contributed by atoms with Crippen LogP contribution in [0.15, 0.2) is 46.9 Å². The van der Waals surface area contributed by atoms with Crippen molar-refractivity contribution in [3.63, 3.8) is 0 Å². The molecule has 0 heterocycles. The molecule has 1 nitrogen and oxygen atoms in total. The summed E-state index contributed by atoms with van der Waals surface area (Å²) in [7, 11) is 0. The summed E-state index contributed by atoms with van der Waals surface area (Å²) < 4.78 is 14.6. The third kappa shape index (κ3) is 3.28. The van der Waals surface area contributed by atoms with E-state index in [-0.39, 0.29) is 5.82 Å². The van der Waals surface area contributed by atoms with E-state index >= 15 is 0 Å². The van der Waals surface area contributed by atoms with Gasteiger partial charge in [0.25, 0.3) is 0 Å². The van der Waals surface area contributed by atoms with Crippen LogP contribution in [0.4, 0.5) is 4.39 Å². The summed E-state index contributed by atoms with van der Waals surface area (Å²) in [6, 6.07) is 13.9. The summed E-state index contributed by atoms with van der Waals surface area (Å²) in [5.41, 5.74) is 2.77. The van der Waals surface area contributed by atoms with Gasteiger partial charge in [-0.2, -0.15) is 0 Å². The van der Waals surface area contributed by atoms with Crippen molar-refractivity contribution in [2.75, 3.05) is 6.54 Å². The normalized spacial score (nSPS) is 12.4. The van der Waals surface area contributed by atoms with Crippen molar-refractivity contribution >= 4 is 15.9 Å². The van der Waals surface area contributed by atoms with Crippen molar-refractivity contribution in [3.8, 4) is 11.1 Å². The van der Waals surface area contributed by atoms with Crippen LogP contribution in [0, 0.1) is 5.82 Å². The summed E-state index contributed by atoms with van der Waals surface area (Å²) in [4.78, 5) is 0. The van der Waals surface area contributed by atoms with Gasteiger partial charge >= 0.3 is 0 Å². The lowest BCUT2D eigenvalue weighted by molar-refractivity contribution is 0.537. The maximum absolute atomic E-state index is 14.1. The highest BCUT2D eigenvalue weighted by molar-refractivity contribution is 9.10. The second-order valence-electron chi connectivity index (χ2n) is 4.74. The quantitative estimate of drug-likeness (QED) is 0.780. The number of benzene rings is 2. The second kappa shape index (κ2) is 7.00. The van der Waals surface area contributed by atoms with Crippen LogP contribution in [0.1, 0.15) is 31.9 Å². The van der Waals surface area contributed by atoms with E-state index in [2.05, 4.69) is 47.2 Å². The van der Waals surface area contributed by atoms with Gasteiger partial charge in [0.05, 0.1) is 4.47 Å². The van der Waals surface area contributed by atoms with Gasteiger partial charge < -0.3 is 5.32 Å². The molecule has 0 amide bonds. The molecule has 0 spiro atoms. The molecule has 0 aliphatic rings. The Labute approximate surface area is 128 Å². The van der Waals surface area contributed by atoms with Gasteiger partial charge in [0.15, 0.2) is 0 Å². The maximum Gasteiger partial charge on any atom is 0.145 e. The van der Waals surface area contributed by atoms with E-state index in [9.17, 15) is 4.39 Å². The molecule has 2 aromatic carbocycles. The molecule has 0 aliphatic heterocycles. The fourth-order valence-electron chi connectivity index (χ4n) is 2.37. The Morgan fingerprint density at radius 3 is 2.40 bits per heavy atom. The Bertz CT molecular complexity index is 566. The zero-order valence-corrected chi connectivity index (χ0v) is 13.4. The van der Waals surface area contributed by atoms with Crippen molar-refractivity contribution in [3.05, 3.63) is 58.3 Å². The SMILES string of the molecule is CCNC(CC)c1ccc(-c2cccc(Br)c2F)cc1. The minimum Gasteiger partial charge on any atom is -0.310 e. The number of hydrogen-bond acceptors (Lipinski definition) is 1. The average molecular weight is 336 g/mol. The smallest absolute Gasteiger partial charge is 0.145 e. The predicted molar refractivity (Wildman–Crippen MR) is 86.2 cm³/mol. The van der Waals surface area contributed by atoms with Crippen molar-refractivity contribution < 1.29 is 4.39 Å². The molecule has 0 aliphatic carbocycles. The van der Waals surface area contributed by atoms with Gasteiger partial charge in [0, 0.05) is 11.6 Å².